The van der Waals surface area contributed by atoms with Crippen molar-refractivity contribution in [3.8, 4) is 0 Å². The fraction of sp³-hybridized carbons (Fsp3) is 1.00. The van der Waals surface area contributed by atoms with E-state index in [0.29, 0.717) is 16.2 Å². The lowest BCUT2D eigenvalue weighted by atomic mass is 9.40. The minimum Gasteiger partial charge on any atom is -0.0596 e. The van der Waals surface area contributed by atoms with Gasteiger partial charge in [-0.05, 0) is 43.3 Å². The maximum atomic E-state index is 2.55. The Morgan fingerprint density at radius 2 is 0.708 bits per heavy atom. The van der Waals surface area contributed by atoms with Crippen molar-refractivity contribution in [1.82, 2.24) is 0 Å². The van der Waals surface area contributed by atoms with Gasteiger partial charge in [0.15, 0.2) is 0 Å². The van der Waals surface area contributed by atoms with Gasteiger partial charge >= 0.3 is 0 Å². The molecule has 0 amide bonds. The van der Waals surface area contributed by atoms with E-state index in [1.807, 2.05) is 0 Å². The van der Waals surface area contributed by atoms with Crippen LogP contribution < -0.4 is 0 Å². The quantitative estimate of drug-likeness (QED) is 0.485. The van der Waals surface area contributed by atoms with E-state index in [-0.39, 0.29) is 27.1 Å². The van der Waals surface area contributed by atoms with E-state index in [2.05, 4.69) is 111 Å². The van der Waals surface area contributed by atoms with Crippen LogP contribution in [0.3, 0.4) is 0 Å². The van der Waals surface area contributed by atoms with Crippen molar-refractivity contribution in [3.05, 3.63) is 0 Å². The van der Waals surface area contributed by atoms with Gasteiger partial charge < -0.3 is 0 Å². The van der Waals surface area contributed by atoms with Crippen LogP contribution in [0.2, 0.25) is 0 Å². The van der Waals surface area contributed by atoms with Gasteiger partial charge in [-0.15, -0.1) is 0 Å². The van der Waals surface area contributed by atoms with Crippen molar-refractivity contribution in [2.75, 3.05) is 0 Å². The topological polar surface area (TPSA) is 0 Å². The van der Waals surface area contributed by atoms with Gasteiger partial charge in [0.2, 0.25) is 0 Å². The van der Waals surface area contributed by atoms with Crippen molar-refractivity contribution in [1.29, 1.82) is 0 Å². The highest BCUT2D eigenvalue weighted by Crippen LogP contribution is 2.87. The predicted molar refractivity (Wildman–Crippen MR) is 110 cm³/mol. The minimum atomic E-state index is 0.191. The van der Waals surface area contributed by atoms with Gasteiger partial charge in [-0.1, -0.05) is 111 Å². The lowest BCUT2D eigenvalue weighted by molar-refractivity contribution is -0.163. The number of hydrogen-bond acceptors (Lipinski definition) is 0. The van der Waals surface area contributed by atoms with Crippen LogP contribution in [-0.4, -0.2) is 0 Å². The van der Waals surface area contributed by atoms with Gasteiger partial charge in [0.05, 0.1) is 0 Å². The van der Waals surface area contributed by atoms with Crippen LogP contribution in [0, 0.1) is 43.3 Å². The Bertz CT molecular complexity index is 487. The molecular weight excluding hydrogens is 288 g/mol. The zero-order chi connectivity index (χ0) is 20.0. The maximum Gasteiger partial charge on any atom is -0.0156 e. The molecular formula is C24H48. The predicted octanol–water partition coefficient (Wildman–Crippen LogP) is 8.21. The summed E-state index contributed by atoms with van der Waals surface area (Å²) in [6.07, 6.45) is 0. The van der Waals surface area contributed by atoms with Crippen LogP contribution >= 0.6 is 0 Å². The van der Waals surface area contributed by atoms with Crippen molar-refractivity contribution in [2.45, 2.75) is 111 Å². The Morgan fingerprint density at radius 1 is 0.417 bits per heavy atom. The highest BCUT2D eigenvalue weighted by Gasteiger charge is 2.81. The fourth-order valence-corrected chi connectivity index (χ4v) is 6.28. The Labute approximate surface area is 154 Å². The molecule has 0 spiro atoms. The van der Waals surface area contributed by atoms with Crippen molar-refractivity contribution < 1.29 is 0 Å². The number of rotatable bonds is 4. The molecule has 0 N–H and O–H groups in total. The van der Waals surface area contributed by atoms with Gasteiger partial charge in [-0.25, -0.2) is 0 Å². The molecule has 1 aliphatic carbocycles. The molecule has 0 radical (unpaired) electrons. The minimum absolute atomic E-state index is 0.191. The summed E-state index contributed by atoms with van der Waals surface area (Å²) >= 11 is 0. The standard InChI is InChI=1S/C24H48/c1-17(2,3)18(4,5)19(6,7)20(8,9)21(10,11)24(16)22(12,13)23(24,14)15/h1-16H3. The molecule has 0 aromatic heterocycles. The summed E-state index contributed by atoms with van der Waals surface area (Å²) < 4.78 is 0. The average molecular weight is 337 g/mol. The Kier molecular flexibility index (Phi) is 4.44. The van der Waals surface area contributed by atoms with Crippen LogP contribution in [0.4, 0.5) is 0 Å². The Morgan fingerprint density at radius 3 is 0.917 bits per heavy atom. The van der Waals surface area contributed by atoms with Crippen molar-refractivity contribution >= 4 is 0 Å². The summed E-state index contributed by atoms with van der Waals surface area (Å²) in [6.45, 7) is 39.9. The lowest BCUT2D eigenvalue weighted by Crippen LogP contribution is -2.58. The third-order valence-corrected chi connectivity index (χ3v) is 11.8. The van der Waals surface area contributed by atoms with Gasteiger partial charge in [-0.2, -0.15) is 0 Å². The van der Waals surface area contributed by atoms with E-state index in [4.69, 9.17) is 0 Å². The largest absolute Gasteiger partial charge is 0.0596 e. The molecule has 0 unspecified atom stereocenters. The smallest absolute Gasteiger partial charge is 0.0156 e. The second-order valence-corrected chi connectivity index (χ2v) is 13.1. The monoisotopic (exact) mass is 336 g/mol. The number of hydrogen-bond donors (Lipinski definition) is 0. The van der Waals surface area contributed by atoms with Crippen LogP contribution in [0.15, 0.2) is 0 Å². The summed E-state index contributed by atoms with van der Waals surface area (Å²) in [4.78, 5) is 0. The molecule has 0 heteroatoms. The molecule has 0 aromatic carbocycles. The second kappa shape index (κ2) is 4.83. The molecule has 1 fully saturated rings. The Balaban J connectivity index is 3.55. The maximum absolute atomic E-state index is 2.55. The summed E-state index contributed by atoms with van der Waals surface area (Å²) in [5, 5.41) is 0. The van der Waals surface area contributed by atoms with E-state index in [1.165, 1.54) is 0 Å². The molecule has 0 saturated heterocycles. The zero-order valence-corrected chi connectivity index (χ0v) is 20.0. The normalized spacial score (nSPS) is 24.0. The van der Waals surface area contributed by atoms with Crippen LogP contribution in [0.1, 0.15) is 111 Å². The molecule has 144 valence electrons. The first-order valence-electron chi connectivity index (χ1n) is 10.0. The third-order valence-electron chi connectivity index (χ3n) is 11.8. The summed E-state index contributed by atoms with van der Waals surface area (Å²) in [7, 11) is 0. The Hall–Kier alpha value is 0. The SMILES string of the molecule is CC(C)(C)C(C)(C)C(C)(C)C(C)(C)C(C)(C)C1(C)C(C)(C)C1(C)C. The van der Waals surface area contributed by atoms with Crippen LogP contribution in [0.25, 0.3) is 0 Å². The van der Waals surface area contributed by atoms with Crippen molar-refractivity contribution in [2.24, 2.45) is 43.3 Å². The first-order valence-corrected chi connectivity index (χ1v) is 10.0. The van der Waals surface area contributed by atoms with E-state index in [9.17, 15) is 0 Å². The van der Waals surface area contributed by atoms with E-state index >= 15 is 0 Å². The zero-order valence-electron chi connectivity index (χ0n) is 20.0. The fourth-order valence-electron chi connectivity index (χ4n) is 6.28. The molecule has 0 heterocycles. The van der Waals surface area contributed by atoms with Gasteiger partial charge in [0.1, 0.15) is 0 Å². The first-order chi connectivity index (χ1) is 10.0. The summed E-state index contributed by atoms with van der Waals surface area (Å²) in [5.74, 6) is 0. The molecule has 0 nitrogen and oxygen atoms in total. The lowest BCUT2D eigenvalue weighted by Gasteiger charge is -2.64. The highest BCUT2D eigenvalue weighted by molar-refractivity contribution is 5.29. The molecule has 1 saturated carbocycles. The van der Waals surface area contributed by atoms with Gasteiger partial charge in [0.25, 0.3) is 0 Å². The third kappa shape index (κ3) is 1.98. The molecule has 24 heavy (non-hydrogen) atoms. The van der Waals surface area contributed by atoms with Crippen molar-refractivity contribution in [3.63, 3.8) is 0 Å². The van der Waals surface area contributed by atoms with E-state index in [1.54, 1.807) is 0 Å². The molecule has 0 aliphatic heterocycles. The first kappa shape index (κ1) is 22.0. The molecule has 1 rings (SSSR count). The molecule has 1 aliphatic rings. The van der Waals surface area contributed by atoms with Crippen LogP contribution in [-0.2, 0) is 0 Å². The molecule has 0 bridgehead atoms. The van der Waals surface area contributed by atoms with E-state index < -0.39 is 0 Å². The van der Waals surface area contributed by atoms with E-state index in [0.717, 1.165) is 0 Å². The highest BCUT2D eigenvalue weighted by atomic mass is 14.9. The molecule has 0 aromatic rings. The van der Waals surface area contributed by atoms with Crippen LogP contribution in [0.5, 0.6) is 0 Å². The average Bonchev–Trinajstić information content (AvgIpc) is 2.65. The van der Waals surface area contributed by atoms with Gasteiger partial charge in [0, 0.05) is 0 Å². The van der Waals surface area contributed by atoms with Gasteiger partial charge in [-0.3, -0.25) is 0 Å². The molecule has 0 atom stereocenters. The second-order valence-electron chi connectivity index (χ2n) is 13.1. The summed E-state index contributed by atoms with van der Waals surface area (Å²) in [6, 6.07) is 0. The summed E-state index contributed by atoms with van der Waals surface area (Å²) in [5.41, 5.74) is 2.14.